The summed E-state index contributed by atoms with van der Waals surface area (Å²) < 4.78 is 5.71. The molecule has 2 heterocycles. The number of likely N-dealkylation sites (tertiary alicyclic amines) is 1. The summed E-state index contributed by atoms with van der Waals surface area (Å²) in [6.45, 7) is 6.08. The van der Waals surface area contributed by atoms with E-state index in [0.29, 0.717) is 25.5 Å². The van der Waals surface area contributed by atoms with Crippen molar-refractivity contribution in [3.05, 3.63) is 47.7 Å². The van der Waals surface area contributed by atoms with Crippen LogP contribution in [0, 0.1) is 13.8 Å². The van der Waals surface area contributed by atoms with Crippen LogP contribution in [0.5, 0.6) is 5.88 Å². The Hall–Kier alpha value is -2.36. The van der Waals surface area contributed by atoms with E-state index < -0.39 is 0 Å². The van der Waals surface area contributed by atoms with Crippen molar-refractivity contribution in [1.82, 2.24) is 9.88 Å². The molecule has 0 atom stereocenters. The Bertz CT molecular complexity index is 712. The minimum Gasteiger partial charge on any atom is -0.476 e. The maximum absolute atomic E-state index is 11.6. The molecular weight excluding hydrogens is 288 g/mol. The van der Waals surface area contributed by atoms with Crippen LogP contribution in [0.2, 0.25) is 0 Å². The van der Waals surface area contributed by atoms with E-state index in [-0.39, 0.29) is 5.91 Å². The minimum atomic E-state index is 0.229. The first kappa shape index (κ1) is 15.5. The average molecular weight is 310 g/mol. The highest BCUT2D eigenvalue weighted by Crippen LogP contribution is 2.27. The van der Waals surface area contributed by atoms with E-state index in [0.717, 1.165) is 24.2 Å². The molecule has 1 aliphatic heterocycles. The van der Waals surface area contributed by atoms with Crippen molar-refractivity contribution in [1.29, 1.82) is 0 Å². The predicted octanol–water partition coefficient (Wildman–Crippen LogP) is 3.37. The summed E-state index contributed by atoms with van der Waals surface area (Å²) in [5.41, 5.74) is 4.52. The van der Waals surface area contributed by atoms with Gasteiger partial charge in [-0.3, -0.25) is 4.79 Å². The molecule has 0 N–H and O–H groups in total. The van der Waals surface area contributed by atoms with Crippen molar-refractivity contribution in [2.45, 2.75) is 26.7 Å². The third-order valence-electron chi connectivity index (χ3n) is 4.28. The lowest BCUT2D eigenvalue weighted by Crippen LogP contribution is -2.29. The number of pyridine rings is 1. The fourth-order valence-corrected chi connectivity index (χ4v) is 2.98. The van der Waals surface area contributed by atoms with E-state index in [1.165, 1.54) is 11.1 Å². The lowest BCUT2D eigenvalue weighted by molar-refractivity contribution is -0.128. The molecule has 4 nitrogen and oxygen atoms in total. The van der Waals surface area contributed by atoms with Gasteiger partial charge >= 0.3 is 0 Å². The Morgan fingerprint density at radius 3 is 2.65 bits per heavy atom. The van der Waals surface area contributed by atoms with Gasteiger partial charge in [0.2, 0.25) is 11.8 Å². The lowest BCUT2D eigenvalue weighted by Gasteiger charge is -2.16. The summed E-state index contributed by atoms with van der Waals surface area (Å²) in [5, 5.41) is 0. The fraction of sp³-hybridized carbons (Fsp3) is 0.368. The van der Waals surface area contributed by atoms with Gasteiger partial charge in [-0.2, -0.15) is 0 Å². The van der Waals surface area contributed by atoms with E-state index in [4.69, 9.17) is 4.74 Å². The molecule has 1 aromatic carbocycles. The first-order valence-corrected chi connectivity index (χ1v) is 8.09. The number of amides is 1. The number of rotatable bonds is 5. The molecule has 1 amide bonds. The fourth-order valence-electron chi connectivity index (χ4n) is 2.98. The molecule has 2 aromatic rings. The summed E-state index contributed by atoms with van der Waals surface area (Å²) in [4.78, 5) is 18.0. The summed E-state index contributed by atoms with van der Waals surface area (Å²) in [5.74, 6) is 0.846. The monoisotopic (exact) mass is 310 g/mol. The van der Waals surface area contributed by atoms with Crippen molar-refractivity contribution in [3.63, 3.8) is 0 Å². The normalized spacial score (nSPS) is 14.3. The number of nitrogens with zero attached hydrogens (tertiary/aromatic N) is 2. The lowest BCUT2D eigenvalue weighted by atomic mass is 10.00. The number of carbonyl (C=O) groups excluding carboxylic acids is 1. The largest absolute Gasteiger partial charge is 0.476 e. The quantitative estimate of drug-likeness (QED) is 0.850. The van der Waals surface area contributed by atoms with Gasteiger partial charge in [0, 0.05) is 30.3 Å². The second kappa shape index (κ2) is 6.82. The zero-order valence-electron chi connectivity index (χ0n) is 13.7. The van der Waals surface area contributed by atoms with Crippen LogP contribution in [0.25, 0.3) is 11.1 Å². The average Bonchev–Trinajstić information content (AvgIpc) is 2.94. The zero-order valence-corrected chi connectivity index (χ0v) is 13.7. The number of benzene rings is 1. The van der Waals surface area contributed by atoms with E-state index >= 15 is 0 Å². The molecule has 0 aliphatic carbocycles. The van der Waals surface area contributed by atoms with Crippen LogP contribution in [0.4, 0.5) is 0 Å². The Balaban J connectivity index is 1.65. The SMILES string of the molecule is Cc1ccccc1-c1ccc(OCCN2CCCC2=O)nc1C. The molecule has 1 saturated heterocycles. The summed E-state index contributed by atoms with van der Waals surface area (Å²) in [6, 6.07) is 12.3. The topological polar surface area (TPSA) is 42.4 Å². The van der Waals surface area contributed by atoms with E-state index in [1.54, 1.807) is 0 Å². The highest BCUT2D eigenvalue weighted by atomic mass is 16.5. The Kier molecular flexibility index (Phi) is 4.60. The van der Waals surface area contributed by atoms with Crippen molar-refractivity contribution in [2.75, 3.05) is 19.7 Å². The van der Waals surface area contributed by atoms with Crippen molar-refractivity contribution < 1.29 is 9.53 Å². The molecule has 1 aromatic heterocycles. The standard InChI is InChI=1S/C19H22N2O2/c1-14-6-3-4-7-16(14)17-9-10-18(20-15(17)2)23-13-12-21-11-5-8-19(21)22/h3-4,6-7,9-10H,5,8,11-13H2,1-2H3. The highest BCUT2D eigenvalue weighted by Gasteiger charge is 2.19. The summed E-state index contributed by atoms with van der Waals surface area (Å²) >= 11 is 0. The minimum absolute atomic E-state index is 0.229. The van der Waals surface area contributed by atoms with E-state index in [2.05, 4.69) is 30.1 Å². The maximum Gasteiger partial charge on any atom is 0.222 e. The van der Waals surface area contributed by atoms with Gasteiger partial charge < -0.3 is 9.64 Å². The molecule has 0 spiro atoms. The molecule has 23 heavy (non-hydrogen) atoms. The number of aromatic nitrogens is 1. The van der Waals surface area contributed by atoms with Gasteiger partial charge in [-0.05, 0) is 37.5 Å². The molecule has 1 aliphatic rings. The molecular formula is C19H22N2O2. The van der Waals surface area contributed by atoms with Crippen LogP contribution in [0.1, 0.15) is 24.1 Å². The third-order valence-corrected chi connectivity index (χ3v) is 4.28. The van der Waals surface area contributed by atoms with Gasteiger partial charge in [-0.25, -0.2) is 4.98 Å². The Morgan fingerprint density at radius 1 is 1.13 bits per heavy atom. The summed E-state index contributed by atoms with van der Waals surface area (Å²) in [6.07, 6.45) is 1.63. The van der Waals surface area contributed by atoms with Crippen LogP contribution in [-0.2, 0) is 4.79 Å². The number of hydrogen-bond donors (Lipinski definition) is 0. The Labute approximate surface area is 137 Å². The number of aryl methyl sites for hydroxylation is 2. The van der Waals surface area contributed by atoms with Crippen molar-refractivity contribution in [2.24, 2.45) is 0 Å². The van der Waals surface area contributed by atoms with Crippen LogP contribution >= 0.6 is 0 Å². The number of hydrogen-bond acceptors (Lipinski definition) is 3. The first-order chi connectivity index (χ1) is 11.1. The van der Waals surface area contributed by atoms with E-state index in [1.807, 2.05) is 30.0 Å². The molecule has 0 unspecified atom stereocenters. The van der Waals surface area contributed by atoms with Gasteiger partial charge in [0.25, 0.3) is 0 Å². The van der Waals surface area contributed by atoms with E-state index in [9.17, 15) is 4.79 Å². The third kappa shape index (κ3) is 3.52. The second-order valence-corrected chi connectivity index (χ2v) is 5.93. The zero-order chi connectivity index (χ0) is 16.2. The van der Waals surface area contributed by atoms with Gasteiger partial charge in [-0.15, -0.1) is 0 Å². The second-order valence-electron chi connectivity index (χ2n) is 5.93. The summed E-state index contributed by atoms with van der Waals surface area (Å²) in [7, 11) is 0. The predicted molar refractivity (Wildman–Crippen MR) is 90.5 cm³/mol. The smallest absolute Gasteiger partial charge is 0.222 e. The molecule has 0 bridgehead atoms. The molecule has 0 radical (unpaired) electrons. The molecule has 4 heteroatoms. The number of ether oxygens (including phenoxy) is 1. The van der Waals surface area contributed by atoms with Crippen LogP contribution in [-0.4, -0.2) is 35.5 Å². The van der Waals surface area contributed by atoms with Crippen molar-refractivity contribution in [3.8, 4) is 17.0 Å². The molecule has 0 saturated carbocycles. The van der Waals surface area contributed by atoms with Crippen LogP contribution in [0.15, 0.2) is 36.4 Å². The van der Waals surface area contributed by atoms with Crippen LogP contribution < -0.4 is 4.74 Å². The van der Waals surface area contributed by atoms with Crippen LogP contribution in [0.3, 0.4) is 0 Å². The molecule has 120 valence electrons. The van der Waals surface area contributed by atoms with Gasteiger partial charge in [0.1, 0.15) is 6.61 Å². The molecule has 3 rings (SSSR count). The number of carbonyl (C=O) groups is 1. The molecule has 1 fully saturated rings. The maximum atomic E-state index is 11.6. The van der Waals surface area contributed by atoms with Gasteiger partial charge in [-0.1, -0.05) is 24.3 Å². The first-order valence-electron chi connectivity index (χ1n) is 8.09. The van der Waals surface area contributed by atoms with Gasteiger partial charge in [0.05, 0.1) is 6.54 Å². The van der Waals surface area contributed by atoms with Crippen molar-refractivity contribution >= 4 is 5.91 Å². The highest BCUT2D eigenvalue weighted by molar-refractivity contribution is 5.78. The Morgan fingerprint density at radius 2 is 1.96 bits per heavy atom. The van der Waals surface area contributed by atoms with Gasteiger partial charge in [0.15, 0.2) is 0 Å².